The molecule has 1 aliphatic heterocycles. The van der Waals surface area contributed by atoms with Crippen LogP contribution in [0.3, 0.4) is 0 Å². The number of hydrogen-bond donors (Lipinski definition) is 0. The fraction of sp³-hybridized carbons (Fsp3) is 0.294. The standard InChI is InChI=1S/C17H17FN4O4/c1-26-16-10-14(15(22(24)25)9-13(16)18)20-5-7-21(8-6-20)17(23)12-3-2-4-19-11-12/h2-4,9-11H,5-8H2,1H3. The van der Waals surface area contributed by atoms with Crippen LogP contribution in [0.2, 0.25) is 0 Å². The van der Waals surface area contributed by atoms with Crippen molar-refractivity contribution < 1.29 is 18.8 Å². The van der Waals surface area contributed by atoms with Gasteiger partial charge in [0.15, 0.2) is 11.6 Å². The molecule has 0 radical (unpaired) electrons. The van der Waals surface area contributed by atoms with Crippen molar-refractivity contribution in [2.45, 2.75) is 0 Å². The van der Waals surface area contributed by atoms with E-state index in [-0.39, 0.29) is 23.0 Å². The summed E-state index contributed by atoms with van der Waals surface area (Å²) in [5.41, 5.74) is 0.451. The lowest BCUT2D eigenvalue weighted by atomic mass is 10.1. The fourth-order valence-corrected chi connectivity index (χ4v) is 2.91. The smallest absolute Gasteiger partial charge is 0.295 e. The van der Waals surface area contributed by atoms with E-state index in [4.69, 9.17) is 4.74 Å². The van der Waals surface area contributed by atoms with E-state index in [1.807, 2.05) is 0 Å². The molecule has 26 heavy (non-hydrogen) atoms. The number of piperazine rings is 1. The number of methoxy groups -OCH3 is 1. The second-order valence-corrected chi connectivity index (χ2v) is 5.75. The Morgan fingerprint density at radius 1 is 1.31 bits per heavy atom. The Morgan fingerprint density at radius 2 is 2.04 bits per heavy atom. The quantitative estimate of drug-likeness (QED) is 0.613. The highest BCUT2D eigenvalue weighted by Gasteiger charge is 2.28. The number of aromatic nitrogens is 1. The molecule has 1 saturated heterocycles. The monoisotopic (exact) mass is 360 g/mol. The lowest BCUT2D eigenvalue weighted by molar-refractivity contribution is -0.384. The van der Waals surface area contributed by atoms with Gasteiger partial charge < -0.3 is 14.5 Å². The number of amides is 1. The average Bonchev–Trinajstić information content (AvgIpc) is 2.68. The third-order valence-corrected chi connectivity index (χ3v) is 4.26. The fourth-order valence-electron chi connectivity index (χ4n) is 2.91. The highest BCUT2D eigenvalue weighted by molar-refractivity contribution is 5.94. The van der Waals surface area contributed by atoms with Crippen LogP contribution in [0, 0.1) is 15.9 Å². The van der Waals surface area contributed by atoms with Gasteiger partial charge in [-0.2, -0.15) is 0 Å². The molecule has 0 aliphatic carbocycles. The molecular weight excluding hydrogens is 343 g/mol. The number of carbonyl (C=O) groups is 1. The van der Waals surface area contributed by atoms with Gasteiger partial charge in [-0.15, -0.1) is 0 Å². The first-order valence-corrected chi connectivity index (χ1v) is 7.97. The summed E-state index contributed by atoms with van der Waals surface area (Å²) >= 11 is 0. The number of rotatable bonds is 4. The predicted octanol–water partition coefficient (Wildman–Crippen LogP) is 2.10. The molecule has 0 unspecified atom stereocenters. The lowest BCUT2D eigenvalue weighted by Gasteiger charge is -2.35. The van der Waals surface area contributed by atoms with E-state index in [0.29, 0.717) is 31.7 Å². The van der Waals surface area contributed by atoms with Crippen LogP contribution >= 0.6 is 0 Å². The largest absolute Gasteiger partial charge is 0.494 e. The van der Waals surface area contributed by atoms with Crippen molar-refractivity contribution >= 4 is 17.3 Å². The number of nitrogens with zero attached hydrogens (tertiary/aromatic N) is 4. The van der Waals surface area contributed by atoms with E-state index in [9.17, 15) is 19.3 Å². The maximum absolute atomic E-state index is 13.8. The predicted molar refractivity (Wildman–Crippen MR) is 92.0 cm³/mol. The van der Waals surface area contributed by atoms with Crippen LogP contribution in [0.1, 0.15) is 10.4 Å². The number of nitro benzene ring substituents is 1. The summed E-state index contributed by atoms with van der Waals surface area (Å²) in [4.78, 5) is 30.5. The molecule has 1 aromatic heterocycles. The first-order valence-electron chi connectivity index (χ1n) is 7.97. The maximum Gasteiger partial charge on any atom is 0.295 e. The molecule has 0 atom stereocenters. The minimum absolute atomic E-state index is 0.0561. The van der Waals surface area contributed by atoms with E-state index in [1.54, 1.807) is 28.1 Å². The van der Waals surface area contributed by atoms with Gasteiger partial charge in [0, 0.05) is 44.6 Å². The van der Waals surface area contributed by atoms with E-state index >= 15 is 0 Å². The minimum atomic E-state index is -0.784. The SMILES string of the molecule is COc1cc(N2CCN(C(=O)c3cccnc3)CC2)c([N+](=O)[O-])cc1F. The summed E-state index contributed by atoms with van der Waals surface area (Å²) in [5, 5.41) is 11.3. The molecule has 9 heteroatoms. The molecule has 1 aliphatic rings. The second kappa shape index (κ2) is 7.34. The molecule has 2 heterocycles. The number of nitro groups is 1. The van der Waals surface area contributed by atoms with Gasteiger partial charge in [-0.3, -0.25) is 19.9 Å². The van der Waals surface area contributed by atoms with Crippen LogP contribution in [-0.4, -0.2) is 54.0 Å². The molecule has 0 N–H and O–H groups in total. The summed E-state index contributed by atoms with van der Waals surface area (Å²) in [7, 11) is 1.30. The average molecular weight is 360 g/mol. The van der Waals surface area contributed by atoms with E-state index < -0.39 is 10.7 Å². The molecule has 3 rings (SSSR count). The van der Waals surface area contributed by atoms with Crippen LogP contribution in [-0.2, 0) is 0 Å². The molecule has 2 aromatic rings. The number of ether oxygens (including phenoxy) is 1. The van der Waals surface area contributed by atoms with Crippen LogP contribution in [0.25, 0.3) is 0 Å². The normalized spacial score (nSPS) is 14.2. The van der Waals surface area contributed by atoms with Gasteiger partial charge in [0.1, 0.15) is 5.69 Å². The molecule has 136 valence electrons. The molecule has 8 nitrogen and oxygen atoms in total. The zero-order valence-corrected chi connectivity index (χ0v) is 14.1. The van der Waals surface area contributed by atoms with Gasteiger partial charge in [-0.05, 0) is 12.1 Å². The highest BCUT2D eigenvalue weighted by Crippen LogP contribution is 2.35. The molecular formula is C17H17FN4O4. The van der Waals surface area contributed by atoms with E-state index in [1.165, 1.54) is 19.4 Å². The Morgan fingerprint density at radius 3 is 2.62 bits per heavy atom. The van der Waals surface area contributed by atoms with Crippen molar-refractivity contribution in [3.8, 4) is 5.75 Å². The van der Waals surface area contributed by atoms with Crippen molar-refractivity contribution in [1.82, 2.24) is 9.88 Å². The van der Waals surface area contributed by atoms with Crippen molar-refractivity contribution in [2.75, 3.05) is 38.2 Å². The first kappa shape index (κ1) is 17.6. The third kappa shape index (κ3) is 3.41. The summed E-state index contributed by atoms with van der Waals surface area (Å²) in [6.45, 7) is 1.57. The van der Waals surface area contributed by atoms with Gasteiger partial charge in [-0.1, -0.05) is 0 Å². The molecule has 0 spiro atoms. The van der Waals surface area contributed by atoms with Crippen molar-refractivity contribution in [3.05, 3.63) is 58.2 Å². The third-order valence-electron chi connectivity index (χ3n) is 4.26. The highest BCUT2D eigenvalue weighted by atomic mass is 19.1. The van der Waals surface area contributed by atoms with E-state index in [0.717, 1.165) is 6.07 Å². The minimum Gasteiger partial charge on any atom is -0.494 e. The van der Waals surface area contributed by atoms with Crippen LogP contribution in [0.15, 0.2) is 36.7 Å². The lowest BCUT2D eigenvalue weighted by Crippen LogP contribution is -2.49. The summed E-state index contributed by atoms with van der Waals surface area (Å²) < 4.78 is 18.7. The zero-order chi connectivity index (χ0) is 18.7. The number of hydrogen-bond acceptors (Lipinski definition) is 6. The molecule has 1 fully saturated rings. The van der Waals surface area contributed by atoms with Gasteiger partial charge in [0.05, 0.1) is 23.7 Å². The molecule has 1 amide bonds. The van der Waals surface area contributed by atoms with E-state index in [2.05, 4.69) is 4.98 Å². The second-order valence-electron chi connectivity index (χ2n) is 5.75. The molecule has 0 saturated carbocycles. The topological polar surface area (TPSA) is 88.8 Å². The molecule has 0 bridgehead atoms. The Bertz CT molecular complexity index is 823. The van der Waals surface area contributed by atoms with Crippen molar-refractivity contribution in [2.24, 2.45) is 0 Å². The first-order chi connectivity index (χ1) is 12.5. The number of carbonyl (C=O) groups excluding carboxylic acids is 1. The summed E-state index contributed by atoms with van der Waals surface area (Å²) in [5.74, 6) is -0.975. The van der Waals surface area contributed by atoms with Gasteiger partial charge in [-0.25, -0.2) is 4.39 Å². The van der Waals surface area contributed by atoms with Crippen LogP contribution in [0.4, 0.5) is 15.8 Å². The van der Waals surface area contributed by atoms with Crippen molar-refractivity contribution in [1.29, 1.82) is 0 Å². The molecule has 1 aromatic carbocycles. The number of anilines is 1. The number of benzene rings is 1. The summed E-state index contributed by atoms with van der Waals surface area (Å²) in [6, 6.07) is 5.57. The maximum atomic E-state index is 13.8. The Kier molecular flexibility index (Phi) is 4.97. The van der Waals surface area contributed by atoms with Crippen molar-refractivity contribution in [3.63, 3.8) is 0 Å². The Balaban J connectivity index is 1.78. The van der Waals surface area contributed by atoms with Gasteiger partial charge >= 0.3 is 0 Å². The van der Waals surface area contributed by atoms with Crippen LogP contribution < -0.4 is 9.64 Å². The number of halogens is 1. The van der Waals surface area contributed by atoms with Gasteiger partial charge in [0.2, 0.25) is 0 Å². The Labute approximate surface area is 149 Å². The van der Waals surface area contributed by atoms with Crippen LogP contribution in [0.5, 0.6) is 5.75 Å². The zero-order valence-electron chi connectivity index (χ0n) is 14.1. The van der Waals surface area contributed by atoms with Gasteiger partial charge in [0.25, 0.3) is 11.6 Å². The summed E-state index contributed by atoms with van der Waals surface area (Å²) in [6.07, 6.45) is 3.10. The number of pyridine rings is 1. The Hall–Kier alpha value is -3.23.